The number of nitrogens with two attached hydrogens (primary N) is 1. The van der Waals surface area contributed by atoms with Gasteiger partial charge in [0.05, 0.1) is 11.7 Å². The summed E-state index contributed by atoms with van der Waals surface area (Å²) in [4.78, 5) is 0. The van der Waals surface area contributed by atoms with E-state index in [0.717, 1.165) is 12.1 Å². The number of nitrogens with zero attached hydrogens (tertiary/aromatic N) is 2. The summed E-state index contributed by atoms with van der Waals surface area (Å²) >= 11 is 1.37. The van der Waals surface area contributed by atoms with E-state index in [1.807, 2.05) is 5.38 Å². The van der Waals surface area contributed by atoms with Gasteiger partial charge in [0.25, 0.3) is 0 Å². The molecule has 1 aromatic rings. The molecule has 80 valence electrons. The van der Waals surface area contributed by atoms with Gasteiger partial charge in [-0.25, -0.2) is 0 Å². The molecule has 0 aliphatic heterocycles. The molecule has 1 atom stereocenters. The number of hydrogen-bond acceptors (Lipinski definition) is 5. The van der Waals surface area contributed by atoms with Crippen molar-refractivity contribution < 1.29 is 0 Å². The number of nitrogens with one attached hydrogen (secondary N) is 1. The molecule has 5 heteroatoms. The Morgan fingerprint density at radius 1 is 1.50 bits per heavy atom. The smallest absolute Gasteiger partial charge is 0.0938 e. The largest absolute Gasteiger partial charge is 0.271 e. The number of rotatable bonds is 7. The minimum absolute atomic E-state index is 0.172. The lowest BCUT2D eigenvalue weighted by molar-refractivity contribution is 0.472. The lowest BCUT2D eigenvalue weighted by atomic mass is 10.1. The van der Waals surface area contributed by atoms with E-state index in [9.17, 15) is 0 Å². The molecule has 0 fully saturated rings. The molecule has 1 unspecified atom stereocenters. The molecule has 0 amide bonds. The maximum Gasteiger partial charge on any atom is 0.0938 e. The van der Waals surface area contributed by atoms with Gasteiger partial charge >= 0.3 is 0 Å². The fourth-order valence-electron chi connectivity index (χ4n) is 1.42. The summed E-state index contributed by atoms with van der Waals surface area (Å²) in [6, 6.07) is 0.172. The minimum atomic E-state index is 0.172. The molecule has 0 aliphatic rings. The van der Waals surface area contributed by atoms with Crippen LogP contribution in [0.5, 0.6) is 0 Å². The summed E-state index contributed by atoms with van der Waals surface area (Å²) in [5.74, 6) is 5.47. The molecule has 0 radical (unpaired) electrons. The Kier molecular flexibility index (Phi) is 5.66. The van der Waals surface area contributed by atoms with E-state index in [-0.39, 0.29) is 6.04 Å². The van der Waals surface area contributed by atoms with E-state index in [0.29, 0.717) is 0 Å². The first-order valence-corrected chi connectivity index (χ1v) is 5.95. The van der Waals surface area contributed by atoms with Crippen molar-refractivity contribution in [2.75, 3.05) is 0 Å². The molecule has 1 rings (SSSR count). The number of hydrogen-bond donors (Lipinski definition) is 2. The summed E-state index contributed by atoms with van der Waals surface area (Å²) in [6.45, 7) is 2.21. The molecule has 0 aromatic carbocycles. The standard InChI is InChI=1S/C9H18N4S/c1-2-3-4-5-6-8(11-10)9-7-14-13-12-9/h7-8,11H,2-6,10H2,1H3. The van der Waals surface area contributed by atoms with Gasteiger partial charge in [0.2, 0.25) is 0 Å². The van der Waals surface area contributed by atoms with Gasteiger partial charge in [-0.1, -0.05) is 37.1 Å². The number of unbranched alkanes of at least 4 members (excludes halogenated alkanes) is 3. The highest BCUT2D eigenvalue weighted by Gasteiger charge is 2.11. The molecular formula is C9H18N4S. The van der Waals surface area contributed by atoms with Gasteiger partial charge in [0, 0.05) is 5.38 Å². The average Bonchev–Trinajstić information content (AvgIpc) is 2.71. The van der Waals surface area contributed by atoms with Gasteiger partial charge in [-0.15, -0.1) is 5.10 Å². The maximum atomic E-state index is 5.47. The fraction of sp³-hybridized carbons (Fsp3) is 0.778. The van der Waals surface area contributed by atoms with E-state index in [1.54, 1.807) is 0 Å². The van der Waals surface area contributed by atoms with Crippen molar-refractivity contribution in [3.63, 3.8) is 0 Å². The zero-order chi connectivity index (χ0) is 10.2. The molecule has 1 heterocycles. The summed E-state index contributed by atoms with van der Waals surface area (Å²) in [5.41, 5.74) is 3.75. The maximum absolute atomic E-state index is 5.47. The molecule has 1 aromatic heterocycles. The van der Waals surface area contributed by atoms with E-state index >= 15 is 0 Å². The van der Waals surface area contributed by atoms with Gasteiger partial charge in [0.15, 0.2) is 0 Å². The Balaban J connectivity index is 2.26. The Morgan fingerprint density at radius 3 is 2.93 bits per heavy atom. The van der Waals surface area contributed by atoms with Gasteiger partial charge in [-0.2, -0.15) is 0 Å². The highest BCUT2D eigenvalue weighted by molar-refractivity contribution is 7.03. The van der Waals surface area contributed by atoms with Crippen LogP contribution < -0.4 is 11.3 Å². The first kappa shape index (κ1) is 11.6. The quantitative estimate of drug-likeness (QED) is 0.414. The monoisotopic (exact) mass is 214 g/mol. The predicted molar refractivity (Wildman–Crippen MR) is 58.7 cm³/mol. The molecule has 14 heavy (non-hydrogen) atoms. The van der Waals surface area contributed by atoms with Gasteiger partial charge < -0.3 is 0 Å². The van der Waals surface area contributed by atoms with Crippen LogP contribution in [0.2, 0.25) is 0 Å². The van der Waals surface area contributed by atoms with Crippen LogP contribution in [0.15, 0.2) is 5.38 Å². The molecule has 0 bridgehead atoms. The van der Waals surface area contributed by atoms with Crippen LogP contribution in [0.4, 0.5) is 0 Å². The second-order valence-electron chi connectivity index (χ2n) is 3.40. The van der Waals surface area contributed by atoms with E-state index in [2.05, 4.69) is 21.9 Å². The van der Waals surface area contributed by atoms with Crippen molar-refractivity contribution in [1.29, 1.82) is 0 Å². The summed E-state index contributed by atoms with van der Waals surface area (Å²) in [5, 5.41) is 5.96. The van der Waals surface area contributed by atoms with Crippen LogP contribution in [0.3, 0.4) is 0 Å². The van der Waals surface area contributed by atoms with Crippen molar-refractivity contribution in [1.82, 2.24) is 15.0 Å². The third kappa shape index (κ3) is 3.69. The molecule has 3 N–H and O–H groups in total. The zero-order valence-electron chi connectivity index (χ0n) is 8.57. The summed E-state index contributed by atoms with van der Waals surface area (Å²) < 4.78 is 3.83. The highest BCUT2D eigenvalue weighted by atomic mass is 32.1. The Morgan fingerprint density at radius 2 is 2.36 bits per heavy atom. The van der Waals surface area contributed by atoms with E-state index < -0.39 is 0 Å². The Bertz CT molecular complexity index is 225. The molecule has 0 saturated carbocycles. The molecular weight excluding hydrogens is 196 g/mol. The summed E-state index contributed by atoms with van der Waals surface area (Å²) in [7, 11) is 0. The average molecular weight is 214 g/mol. The fourth-order valence-corrected chi connectivity index (χ4v) is 1.92. The normalized spacial score (nSPS) is 13.0. The van der Waals surface area contributed by atoms with Crippen LogP contribution >= 0.6 is 11.5 Å². The third-order valence-electron chi connectivity index (χ3n) is 2.28. The molecule has 4 nitrogen and oxygen atoms in total. The number of hydrazine groups is 1. The molecule has 0 aliphatic carbocycles. The van der Waals surface area contributed by atoms with Crippen molar-refractivity contribution >= 4 is 11.5 Å². The van der Waals surface area contributed by atoms with Gasteiger partial charge in [0.1, 0.15) is 0 Å². The third-order valence-corrected chi connectivity index (χ3v) is 2.80. The zero-order valence-corrected chi connectivity index (χ0v) is 9.39. The van der Waals surface area contributed by atoms with Crippen molar-refractivity contribution in [2.24, 2.45) is 5.84 Å². The lowest BCUT2D eigenvalue weighted by Crippen LogP contribution is -2.28. The second-order valence-corrected chi connectivity index (χ2v) is 4.01. The predicted octanol–water partition coefficient (Wildman–Crippen LogP) is 2.01. The first-order valence-electron chi connectivity index (χ1n) is 5.11. The van der Waals surface area contributed by atoms with E-state index in [4.69, 9.17) is 5.84 Å². The lowest BCUT2D eigenvalue weighted by Gasteiger charge is -2.11. The topological polar surface area (TPSA) is 63.8 Å². The highest BCUT2D eigenvalue weighted by Crippen LogP contribution is 2.17. The van der Waals surface area contributed by atoms with E-state index in [1.165, 1.54) is 37.2 Å². The Hall–Kier alpha value is -0.520. The van der Waals surface area contributed by atoms with Crippen LogP contribution in [0.1, 0.15) is 50.8 Å². The number of aromatic nitrogens is 2. The van der Waals surface area contributed by atoms with Crippen molar-refractivity contribution in [2.45, 2.75) is 45.1 Å². The minimum Gasteiger partial charge on any atom is -0.271 e. The van der Waals surface area contributed by atoms with Crippen LogP contribution in [-0.4, -0.2) is 9.59 Å². The van der Waals surface area contributed by atoms with Gasteiger partial charge in [-0.3, -0.25) is 11.3 Å². The van der Waals surface area contributed by atoms with Crippen LogP contribution in [-0.2, 0) is 0 Å². The second kappa shape index (κ2) is 6.86. The molecule has 0 saturated heterocycles. The van der Waals surface area contributed by atoms with Crippen molar-refractivity contribution in [3.8, 4) is 0 Å². The summed E-state index contributed by atoms with van der Waals surface area (Å²) in [6.07, 6.45) is 6.07. The van der Waals surface area contributed by atoms with Crippen LogP contribution in [0.25, 0.3) is 0 Å². The SMILES string of the molecule is CCCCCCC(NN)c1csnn1. The van der Waals surface area contributed by atoms with Crippen molar-refractivity contribution in [3.05, 3.63) is 11.1 Å². The molecule has 0 spiro atoms. The first-order chi connectivity index (χ1) is 6.88. The van der Waals surface area contributed by atoms with Gasteiger partial charge in [-0.05, 0) is 18.0 Å². The Labute approximate surface area is 89.0 Å². The van der Waals surface area contributed by atoms with Crippen LogP contribution in [0, 0.1) is 0 Å².